The second kappa shape index (κ2) is 4.06. The Kier molecular flexibility index (Phi) is 2.75. The highest BCUT2D eigenvalue weighted by atomic mass is 16.3. The number of hydrogen-bond acceptors (Lipinski definition) is 3. The van der Waals surface area contributed by atoms with Crippen LogP contribution in [0.3, 0.4) is 0 Å². The van der Waals surface area contributed by atoms with E-state index < -0.39 is 5.60 Å². The van der Waals surface area contributed by atoms with E-state index in [4.69, 9.17) is 0 Å². The van der Waals surface area contributed by atoms with Gasteiger partial charge in [-0.25, -0.2) is 0 Å². The predicted molar refractivity (Wildman–Crippen MR) is 60.8 cm³/mol. The standard InChI is InChI=1S/C12H15N3O/c1-3-15-9-11(8-14-15)12(2,16)10-5-4-6-13-7-10/h4-9,16H,3H2,1-2H3. The summed E-state index contributed by atoms with van der Waals surface area (Å²) in [6.07, 6.45) is 6.90. The van der Waals surface area contributed by atoms with E-state index >= 15 is 0 Å². The Morgan fingerprint density at radius 3 is 2.75 bits per heavy atom. The third-order valence-electron chi connectivity index (χ3n) is 2.74. The molecule has 0 spiro atoms. The van der Waals surface area contributed by atoms with Crippen molar-refractivity contribution in [3.63, 3.8) is 0 Å². The van der Waals surface area contributed by atoms with Crippen LogP contribution in [-0.2, 0) is 12.1 Å². The fourth-order valence-corrected chi connectivity index (χ4v) is 1.61. The predicted octanol–water partition coefficient (Wildman–Crippen LogP) is 1.55. The van der Waals surface area contributed by atoms with Crippen molar-refractivity contribution in [2.24, 2.45) is 0 Å². The van der Waals surface area contributed by atoms with Crippen LogP contribution < -0.4 is 0 Å². The van der Waals surface area contributed by atoms with Crippen molar-refractivity contribution in [1.29, 1.82) is 0 Å². The minimum absolute atomic E-state index is 0.769. The lowest BCUT2D eigenvalue weighted by molar-refractivity contribution is 0.102. The first-order valence-corrected chi connectivity index (χ1v) is 5.30. The second-order valence-corrected chi connectivity index (χ2v) is 3.90. The van der Waals surface area contributed by atoms with Gasteiger partial charge in [0.2, 0.25) is 0 Å². The molecule has 0 radical (unpaired) electrons. The first-order valence-electron chi connectivity index (χ1n) is 5.30. The number of pyridine rings is 1. The summed E-state index contributed by atoms with van der Waals surface area (Å²) in [4.78, 5) is 4.02. The summed E-state index contributed by atoms with van der Waals surface area (Å²) >= 11 is 0. The Balaban J connectivity index is 2.38. The highest BCUT2D eigenvalue weighted by Gasteiger charge is 2.27. The molecule has 2 aromatic rings. The minimum Gasteiger partial charge on any atom is -0.381 e. The number of rotatable bonds is 3. The zero-order valence-electron chi connectivity index (χ0n) is 9.46. The SMILES string of the molecule is CCn1cc(C(C)(O)c2cccnc2)cn1. The molecule has 0 amide bonds. The Bertz CT molecular complexity index is 462. The molecule has 0 aliphatic heterocycles. The molecule has 4 heteroatoms. The van der Waals surface area contributed by atoms with E-state index in [0.717, 1.165) is 17.7 Å². The van der Waals surface area contributed by atoms with Gasteiger partial charge >= 0.3 is 0 Å². The van der Waals surface area contributed by atoms with Gasteiger partial charge in [-0.15, -0.1) is 0 Å². The van der Waals surface area contributed by atoms with E-state index in [-0.39, 0.29) is 0 Å². The maximum atomic E-state index is 10.5. The topological polar surface area (TPSA) is 50.9 Å². The van der Waals surface area contributed by atoms with Crippen molar-refractivity contribution in [2.75, 3.05) is 0 Å². The van der Waals surface area contributed by atoms with Crippen molar-refractivity contribution in [3.05, 3.63) is 48.0 Å². The molecule has 1 N–H and O–H groups in total. The van der Waals surface area contributed by atoms with Crippen LogP contribution in [0, 0.1) is 0 Å². The molecule has 1 atom stereocenters. The zero-order valence-corrected chi connectivity index (χ0v) is 9.46. The zero-order chi connectivity index (χ0) is 11.6. The van der Waals surface area contributed by atoms with Crippen molar-refractivity contribution >= 4 is 0 Å². The van der Waals surface area contributed by atoms with E-state index in [2.05, 4.69) is 10.1 Å². The molecule has 1 unspecified atom stereocenters. The molecule has 0 bridgehead atoms. The van der Waals surface area contributed by atoms with Gasteiger partial charge in [0.15, 0.2) is 0 Å². The lowest BCUT2D eigenvalue weighted by Crippen LogP contribution is -2.22. The average Bonchev–Trinajstić information content (AvgIpc) is 2.79. The van der Waals surface area contributed by atoms with Gasteiger partial charge in [-0.1, -0.05) is 6.07 Å². The fourth-order valence-electron chi connectivity index (χ4n) is 1.61. The van der Waals surface area contributed by atoms with Gasteiger partial charge in [0.25, 0.3) is 0 Å². The molecule has 2 heterocycles. The van der Waals surface area contributed by atoms with Crippen molar-refractivity contribution in [3.8, 4) is 0 Å². The van der Waals surface area contributed by atoms with Gasteiger partial charge in [-0.2, -0.15) is 5.10 Å². The smallest absolute Gasteiger partial charge is 0.116 e. The summed E-state index contributed by atoms with van der Waals surface area (Å²) < 4.78 is 1.79. The largest absolute Gasteiger partial charge is 0.381 e. The molecule has 0 aliphatic rings. The molecular formula is C12H15N3O. The van der Waals surface area contributed by atoms with Gasteiger partial charge in [-0.05, 0) is 19.9 Å². The van der Waals surface area contributed by atoms with Crippen molar-refractivity contribution in [1.82, 2.24) is 14.8 Å². The normalized spacial score (nSPS) is 14.7. The molecule has 84 valence electrons. The molecule has 0 aliphatic carbocycles. The maximum absolute atomic E-state index is 10.5. The van der Waals surface area contributed by atoms with Crippen LogP contribution in [0.1, 0.15) is 25.0 Å². The fraction of sp³-hybridized carbons (Fsp3) is 0.333. The number of hydrogen-bond donors (Lipinski definition) is 1. The van der Waals surface area contributed by atoms with Crippen molar-refractivity contribution in [2.45, 2.75) is 26.0 Å². The molecule has 0 saturated heterocycles. The third kappa shape index (κ3) is 1.84. The maximum Gasteiger partial charge on any atom is 0.116 e. The molecular weight excluding hydrogens is 202 g/mol. The summed E-state index contributed by atoms with van der Waals surface area (Å²) in [6.45, 7) is 4.56. The molecule has 16 heavy (non-hydrogen) atoms. The van der Waals surface area contributed by atoms with E-state index in [1.54, 1.807) is 30.2 Å². The van der Waals surface area contributed by atoms with Crippen LogP contribution in [0.25, 0.3) is 0 Å². The Morgan fingerprint density at radius 1 is 1.38 bits per heavy atom. The van der Waals surface area contributed by atoms with E-state index in [1.165, 1.54) is 0 Å². The summed E-state index contributed by atoms with van der Waals surface area (Å²) in [5.74, 6) is 0. The quantitative estimate of drug-likeness (QED) is 0.848. The second-order valence-electron chi connectivity index (χ2n) is 3.90. The van der Waals surface area contributed by atoms with Crippen LogP contribution in [0.4, 0.5) is 0 Å². The highest BCUT2D eigenvalue weighted by Crippen LogP contribution is 2.27. The van der Waals surface area contributed by atoms with E-state index in [1.807, 2.05) is 25.3 Å². The van der Waals surface area contributed by atoms with Gasteiger partial charge in [-0.3, -0.25) is 9.67 Å². The summed E-state index contributed by atoms with van der Waals surface area (Å²) in [6, 6.07) is 3.67. The first-order chi connectivity index (χ1) is 7.64. The number of aliphatic hydroxyl groups is 1. The van der Waals surface area contributed by atoms with Crippen LogP contribution in [0.5, 0.6) is 0 Å². The van der Waals surface area contributed by atoms with Crippen LogP contribution in [0.15, 0.2) is 36.9 Å². The van der Waals surface area contributed by atoms with Crippen molar-refractivity contribution < 1.29 is 5.11 Å². The summed E-state index contributed by atoms with van der Waals surface area (Å²) in [5, 5.41) is 14.6. The van der Waals surface area contributed by atoms with Gasteiger partial charge in [0.1, 0.15) is 5.60 Å². The van der Waals surface area contributed by atoms with Crippen LogP contribution >= 0.6 is 0 Å². The first kappa shape index (κ1) is 10.8. The summed E-state index contributed by atoms with van der Waals surface area (Å²) in [5.41, 5.74) is 0.509. The number of nitrogens with zero attached hydrogens (tertiary/aromatic N) is 3. The van der Waals surface area contributed by atoms with Gasteiger partial charge in [0.05, 0.1) is 6.20 Å². The number of aryl methyl sites for hydroxylation is 1. The molecule has 0 fully saturated rings. The monoisotopic (exact) mass is 217 g/mol. The number of aromatic nitrogens is 3. The Morgan fingerprint density at radius 2 is 2.19 bits per heavy atom. The molecule has 2 aromatic heterocycles. The molecule has 4 nitrogen and oxygen atoms in total. The minimum atomic E-state index is -1.04. The average molecular weight is 217 g/mol. The molecule has 0 aromatic carbocycles. The molecule has 2 rings (SSSR count). The van der Waals surface area contributed by atoms with E-state index in [9.17, 15) is 5.11 Å². The van der Waals surface area contributed by atoms with Crippen LogP contribution in [0.2, 0.25) is 0 Å². The summed E-state index contributed by atoms with van der Waals surface area (Å²) in [7, 11) is 0. The van der Waals surface area contributed by atoms with Crippen LogP contribution in [-0.4, -0.2) is 19.9 Å². The third-order valence-corrected chi connectivity index (χ3v) is 2.74. The molecule has 0 saturated carbocycles. The highest BCUT2D eigenvalue weighted by molar-refractivity contribution is 5.30. The lowest BCUT2D eigenvalue weighted by atomic mass is 9.92. The van der Waals surface area contributed by atoms with Gasteiger partial charge in [0, 0.05) is 36.3 Å². The Hall–Kier alpha value is -1.68. The van der Waals surface area contributed by atoms with Gasteiger partial charge < -0.3 is 5.11 Å². The van der Waals surface area contributed by atoms with E-state index in [0.29, 0.717) is 0 Å². The lowest BCUT2D eigenvalue weighted by Gasteiger charge is -2.21. The Labute approximate surface area is 94.6 Å².